The van der Waals surface area contributed by atoms with E-state index in [0.29, 0.717) is 23.4 Å². The van der Waals surface area contributed by atoms with Crippen molar-refractivity contribution in [2.24, 2.45) is 0 Å². The average molecular weight is 407 g/mol. The minimum atomic E-state index is -4.55. The van der Waals surface area contributed by atoms with Crippen LogP contribution in [0.4, 0.5) is 13.2 Å². The molecule has 2 nitrogen and oxygen atoms in total. The van der Waals surface area contributed by atoms with Crippen LogP contribution in [-0.4, -0.2) is 17.9 Å². The van der Waals surface area contributed by atoms with Gasteiger partial charge in [-0.1, -0.05) is 67.2 Å². The standard InChI is InChI=1S/C25H20F3NO/c1-17(25(26,27)28)24-23(19-12-14-20(30-2)15-13-19)21-10-6-7-11-22(21)29(24)16-18-8-4-3-5-9-18/h3-15H,1,16H2,2H3. The second-order valence-electron chi connectivity index (χ2n) is 7.02. The van der Waals surface area contributed by atoms with E-state index < -0.39 is 11.7 Å². The topological polar surface area (TPSA) is 14.2 Å². The Hall–Kier alpha value is -3.47. The smallest absolute Gasteiger partial charge is 0.417 e. The fraction of sp³-hybridized carbons (Fsp3) is 0.120. The Kier molecular flexibility index (Phi) is 5.12. The molecule has 0 bridgehead atoms. The molecule has 0 aliphatic heterocycles. The molecule has 30 heavy (non-hydrogen) atoms. The van der Waals surface area contributed by atoms with E-state index in [0.717, 1.165) is 16.5 Å². The number of hydrogen-bond donors (Lipinski definition) is 0. The lowest BCUT2D eigenvalue weighted by molar-refractivity contribution is -0.0690. The van der Waals surface area contributed by atoms with E-state index in [-0.39, 0.29) is 5.69 Å². The van der Waals surface area contributed by atoms with Crippen molar-refractivity contribution in [3.8, 4) is 16.9 Å². The van der Waals surface area contributed by atoms with E-state index in [1.54, 1.807) is 35.9 Å². The number of alkyl halides is 3. The summed E-state index contributed by atoms with van der Waals surface area (Å²) in [6.07, 6.45) is -4.55. The molecule has 152 valence electrons. The summed E-state index contributed by atoms with van der Waals surface area (Å²) in [6, 6.07) is 23.9. The van der Waals surface area contributed by atoms with Crippen LogP contribution in [0.25, 0.3) is 27.6 Å². The van der Waals surface area contributed by atoms with Crippen molar-refractivity contribution in [2.75, 3.05) is 7.11 Å². The van der Waals surface area contributed by atoms with Crippen molar-refractivity contribution < 1.29 is 17.9 Å². The highest BCUT2D eigenvalue weighted by Crippen LogP contribution is 2.43. The lowest BCUT2D eigenvalue weighted by atomic mass is 9.98. The maximum atomic E-state index is 13.9. The first kappa shape index (κ1) is 19.8. The van der Waals surface area contributed by atoms with Crippen molar-refractivity contribution in [1.82, 2.24) is 4.57 Å². The fourth-order valence-electron chi connectivity index (χ4n) is 3.73. The highest BCUT2D eigenvalue weighted by atomic mass is 19.4. The average Bonchev–Trinajstić information content (AvgIpc) is 3.07. The van der Waals surface area contributed by atoms with Gasteiger partial charge < -0.3 is 9.30 Å². The minimum Gasteiger partial charge on any atom is -0.497 e. The zero-order valence-electron chi connectivity index (χ0n) is 16.4. The highest BCUT2D eigenvalue weighted by molar-refractivity contribution is 6.02. The van der Waals surface area contributed by atoms with Crippen molar-refractivity contribution in [2.45, 2.75) is 12.7 Å². The number of para-hydroxylation sites is 1. The maximum absolute atomic E-state index is 13.9. The summed E-state index contributed by atoms with van der Waals surface area (Å²) in [5.41, 5.74) is 2.06. The number of ether oxygens (including phenoxy) is 1. The van der Waals surface area contributed by atoms with E-state index in [4.69, 9.17) is 4.74 Å². The second kappa shape index (κ2) is 7.75. The molecule has 0 saturated carbocycles. The number of fused-ring (bicyclic) bond motifs is 1. The molecule has 0 spiro atoms. The van der Waals surface area contributed by atoms with Crippen LogP contribution in [-0.2, 0) is 6.54 Å². The second-order valence-corrected chi connectivity index (χ2v) is 7.02. The summed E-state index contributed by atoms with van der Waals surface area (Å²) in [4.78, 5) is 0. The molecule has 0 amide bonds. The predicted octanol–water partition coefficient (Wildman–Crippen LogP) is 6.94. The van der Waals surface area contributed by atoms with Gasteiger partial charge in [0, 0.05) is 23.0 Å². The lowest BCUT2D eigenvalue weighted by Gasteiger charge is -2.17. The van der Waals surface area contributed by atoms with Crippen LogP contribution in [0.1, 0.15) is 11.3 Å². The molecule has 4 rings (SSSR count). The summed E-state index contributed by atoms with van der Waals surface area (Å²) in [7, 11) is 1.55. The Balaban J connectivity index is 2.02. The Morgan fingerprint density at radius 2 is 1.53 bits per heavy atom. The first-order valence-corrected chi connectivity index (χ1v) is 9.46. The van der Waals surface area contributed by atoms with Crippen LogP contribution in [0.15, 0.2) is 85.4 Å². The zero-order chi connectivity index (χ0) is 21.3. The summed E-state index contributed by atoms with van der Waals surface area (Å²) in [5.74, 6) is 0.642. The van der Waals surface area contributed by atoms with Gasteiger partial charge in [-0.2, -0.15) is 13.2 Å². The molecule has 5 heteroatoms. The summed E-state index contributed by atoms with van der Waals surface area (Å²) < 4.78 is 48.5. The number of allylic oxidation sites excluding steroid dienone is 1. The van der Waals surface area contributed by atoms with Crippen LogP contribution in [0.2, 0.25) is 0 Å². The van der Waals surface area contributed by atoms with Crippen molar-refractivity contribution in [1.29, 1.82) is 0 Å². The monoisotopic (exact) mass is 407 g/mol. The molecule has 0 atom stereocenters. The first-order valence-electron chi connectivity index (χ1n) is 9.46. The summed E-state index contributed by atoms with van der Waals surface area (Å²) in [6.45, 7) is 3.75. The molecular weight excluding hydrogens is 387 g/mol. The number of methoxy groups -OCH3 is 1. The van der Waals surface area contributed by atoms with Gasteiger partial charge >= 0.3 is 6.18 Å². The predicted molar refractivity (Wildman–Crippen MR) is 115 cm³/mol. The van der Waals surface area contributed by atoms with Gasteiger partial charge in [0.15, 0.2) is 0 Å². The summed E-state index contributed by atoms with van der Waals surface area (Å²) in [5, 5.41) is 0.749. The molecule has 0 unspecified atom stereocenters. The molecule has 0 aliphatic carbocycles. The number of hydrogen-bond acceptors (Lipinski definition) is 1. The first-order chi connectivity index (χ1) is 14.4. The van der Waals surface area contributed by atoms with Gasteiger partial charge in [0.2, 0.25) is 0 Å². The lowest BCUT2D eigenvalue weighted by Crippen LogP contribution is -2.15. The number of benzene rings is 3. The Labute approximate surface area is 172 Å². The normalized spacial score (nSPS) is 11.6. The van der Waals surface area contributed by atoms with Crippen LogP contribution in [0.3, 0.4) is 0 Å². The number of aromatic nitrogens is 1. The van der Waals surface area contributed by atoms with Crippen molar-refractivity contribution >= 4 is 16.5 Å². The Morgan fingerprint density at radius 1 is 0.900 bits per heavy atom. The molecular formula is C25H20F3NO. The Morgan fingerprint density at radius 3 is 2.17 bits per heavy atom. The van der Waals surface area contributed by atoms with E-state index in [1.165, 1.54) is 0 Å². The van der Waals surface area contributed by atoms with E-state index in [2.05, 4.69) is 6.58 Å². The molecule has 0 radical (unpaired) electrons. The van der Waals surface area contributed by atoms with Gasteiger partial charge in [0.25, 0.3) is 0 Å². The van der Waals surface area contributed by atoms with E-state index in [9.17, 15) is 13.2 Å². The van der Waals surface area contributed by atoms with Crippen molar-refractivity contribution in [3.05, 3.63) is 96.7 Å². The molecule has 4 aromatic rings. The number of halogens is 3. The number of rotatable bonds is 5. The zero-order valence-corrected chi connectivity index (χ0v) is 16.4. The molecule has 1 aromatic heterocycles. The van der Waals surface area contributed by atoms with Crippen LogP contribution in [0.5, 0.6) is 5.75 Å². The Bertz CT molecular complexity index is 1190. The molecule has 1 heterocycles. The van der Waals surface area contributed by atoms with Gasteiger partial charge in [-0.3, -0.25) is 0 Å². The molecule has 0 saturated heterocycles. The van der Waals surface area contributed by atoms with Gasteiger partial charge in [0.05, 0.1) is 18.4 Å². The van der Waals surface area contributed by atoms with Gasteiger partial charge in [-0.15, -0.1) is 0 Å². The third kappa shape index (κ3) is 3.59. The van der Waals surface area contributed by atoms with Crippen LogP contribution < -0.4 is 4.74 Å². The minimum absolute atomic E-state index is 0.0812. The van der Waals surface area contributed by atoms with Crippen LogP contribution in [0, 0.1) is 0 Å². The third-order valence-electron chi connectivity index (χ3n) is 5.16. The largest absolute Gasteiger partial charge is 0.497 e. The van der Waals surface area contributed by atoms with Gasteiger partial charge in [-0.25, -0.2) is 0 Å². The fourth-order valence-corrected chi connectivity index (χ4v) is 3.73. The van der Waals surface area contributed by atoms with Crippen molar-refractivity contribution in [3.63, 3.8) is 0 Å². The SMILES string of the molecule is C=C(c1c(-c2ccc(OC)cc2)c2ccccc2n1Cc1ccccc1)C(F)(F)F. The third-order valence-corrected chi connectivity index (χ3v) is 5.16. The molecule has 0 N–H and O–H groups in total. The van der Waals surface area contributed by atoms with Gasteiger partial charge in [0.1, 0.15) is 5.75 Å². The van der Waals surface area contributed by atoms with Crippen LogP contribution >= 0.6 is 0 Å². The summed E-state index contributed by atoms with van der Waals surface area (Å²) >= 11 is 0. The molecule has 0 fully saturated rings. The quantitative estimate of drug-likeness (QED) is 0.349. The molecule has 0 aliphatic rings. The van der Waals surface area contributed by atoms with Gasteiger partial charge in [-0.05, 0) is 29.3 Å². The van der Waals surface area contributed by atoms with E-state index in [1.807, 2.05) is 54.6 Å². The van der Waals surface area contributed by atoms with E-state index >= 15 is 0 Å². The number of nitrogens with zero attached hydrogens (tertiary/aromatic N) is 1. The maximum Gasteiger partial charge on any atom is 0.417 e. The molecule has 3 aromatic carbocycles. The highest BCUT2D eigenvalue weighted by Gasteiger charge is 2.37.